The lowest BCUT2D eigenvalue weighted by atomic mass is 10.2. The van der Waals surface area contributed by atoms with Gasteiger partial charge < -0.3 is 11.1 Å². The van der Waals surface area contributed by atoms with Gasteiger partial charge in [-0.3, -0.25) is 4.79 Å². The molecular formula is C11H19N3OS2. The van der Waals surface area contributed by atoms with E-state index in [2.05, 4.69) is 17.2 Å². The van der Waals surface area contributed by atoms with Crippen molar-refractivity contribution in [2.75, 3.05) is 17.3 Å². The van der Waals surface area contributed by atoms with E-state index < -0.39 is 6.04 Å². The van der Waals surface area contributed by atoms with E-state index in [1.807, 2.05) is 13.2 Å². The van der Waals surface area contributed by atoms with Crippen LogP contribution in [-0.4, -0.2) is 28.9 Å². The Hall–Kier alpha value is -0.590. The van der Waals surface area contributed by atoms with E-state index >= 15 is 0 Å². The minimum atomic E-state index is -0.447. The molecule has 1 atom stereocenters. The molecule has 0 spiro atoms. The predicted molar refractivity (Wildman–Crippen MR) is 75.8 cm³/mol. The molecule has 1 heterocycles. The van der Waals surface area contributed by atoms with Crippen LogP contribution in [0.25, 0.3) is 0 Å². The van der Waals surface area contributed by atoms with Crippen LogP contribution in [0, 0.1) is 6.92 Å². The van der Waals surface area contributed by atoms with Crippen molar-refractivity contribution in [3.05, 3.63) is 10.6 Å². The summed E-state index contributed by atoms with van der Waals surface area (Å²) >= 11 is 3.20. The molecule has 0 aliphatic heterocycles. The first kappa shape index (κ1) is 14.5. The maximum absolute atomic E-state index is 11.7. The fourth-order valence-corrected chi connectivity index (χ4v) is 2.78. The molecule has 3 N–H and O–H groups in total. The molecule has 0 saturated heterocycles. The lowest BCUT2D eigenvalue weighted by Gasteiger charge is -2.09. The first-order chi connectivity index (χ1) is 8.08. The van der Waals surface area contributed by atoms with Gasteiger partial charge in [-0.15, -0.1) is 11.3 Å². The zero-order chi connectivity index (χ0) is 12.8. The number of carbonyl (C=O) groups is 1. The number of hydrogen-bond donors (Lipinski definition) is 2. The summed E-state index contributed by atoms with van der Waals surface area (Å²) in [7, 11) is 0. The Balaban J connectivity index is 2.55. The van der Waals surface area contributed by atoms with E-state index in [1.165, 1.54) is 11.3 Å². The van der Waals surface area contributed by atoms with Crippen molar-refractivity contribution in [3.8, 4) is 0 Å². The van der Waals surface area contributed by atoms with Gasteiger partial charge in [0.2, 0.25) is 5.91 Å². The van der Waals surface area contributed by atoms with Crippen molar-refractivity contribution in [3.63, 3.8) is 0 Å². The summed E-state index contributed by atoms with van der Waals surface area (Å²) in [6.45, 7) is 4.07. The van der Waals surface area contributed by atoms with Crippen LogP contribution in [0.5, 0.6) is 0 Å². The van der Waals surface area contributed by atoms with Gasteiger partial charge in [-0.1, -0.05) is 6.92 Å². The minimum Gasteiger partial charge on any atom is -0.320 e. The molecule has 96 valence electrons. The summed E-state index contributed by atoms with van der Waals surface area (Å²) in [5.74, 6) is 0.751. The van der Waals surface area contributed by atoms with E-state index in [0.717, 1.165) is 22.7 Å². The zero-order valence-corrected chi connectivity index (χ0v) is 12.1. The highest BCUT2D eigenvalue weighted by molar-refractivity contribution is 7.98. The third kappa shape index (κ3) is 4.29. The van der Waals surface area contributed by atoms with Crippen LogP contribution in [0.2, 0.25) is 0 Å². The third-order valence-electron chi connectivity index (χ3n) is 2.43. The first-order valence-electron chi connectivity index (χ1n) is 5.60. The molecule has 1 amide bonds. The van der Waals surface area contributed by atoms with Crippen LogP contribution in [-0.2, 0) is 11.2 Å². The minimum absolute atomic E-state index is 0.143. The van der Waals surface area contributed by atoms with Gasteiger partial charge in [0.05, 0.1) is 11.7 Å². The first-order valence-corrected chi connectivity index (χ1v) is 7.81. The third-order valence-corrected chi connectivity index (χ3v) is 4.00. The zero-order valence-electron chi connectivity index (χ0n) is 10.4. The molecule has 0 radical (unpaired) electrons. The van der Waals surface area contributed by atoms with Crippen molar-refractivity contribution < 1.29 is 4.79 Å². The van der Waals surface area contributed by atoms with E-state index in [9.17, 15) is 4.79 Å². The number of carbonyl (C=O) groups excluding carboxylic acids is 1. The smallest absolute Gasteiger partial charge is 0.243 e. The second kappa shape index (κ2) is 6.98. The van der Waals surface area contributed by atoms with Crippen LogP contribution < -0.4 is 11.1 Å². The maximum Gasteiger partial charge on any atom is 0.243 e. The largest absolute Gasteiger partial charge is 0.320 e. The van der Waals surface area contributed by atoms with Gasteiger partial charge in [0.25, 0.3) is 0 Å². The van der Waals surface area contributed by atoms with Gasteiger partial charge in [-0.2, -0.15) is 11.8 Å². The number of rotatable bonds is 6. The number of thioether (sulfide) groups is 1. The Morgan fingerprint density at radius 2 is 2.35 bits per heavy atom. The van der Waals surface area contributed by atoms with Crippen molar-refractivity contribution in [2.24, 2.45) is 5.73 Å². The van der Waals surface area contributed by atoms with E-state index in [0.29, 0.717) is 11.6 Å². The normalized spacial score (nSPS) is 12.5. The number of nitrogens with zero attached hydrogens (tertiary/aromatic N) is 1. The van der Waals surface area contributed by atoms with Crippen LogP contribution in [0.3, 0.4) is 0 Å². The highest BCUT2D eigenvalue weighted by atomic mass is 32.2. The summed E-state index contributed by atoms with van der Waals surface area (Å²) < 4.78 is 0. The van der Waals surface area contributed by atoms with Gasteiger partial charge in [0.15, 0.2) is 5.13 Å². The fourth-order valence-electron chi connectivity index (χ4n) is 1.38. The number of nitrogens with one attached hydrogen (secondary N) is 1. The standard InChI is InChI=1S/C11H19N3OS2/c1-4-9-7(2)17-11(13-9)14-10(15)8(12)5-6-16-3/h8H,4-6,12H2,1-3H3,(H,13,14,15)/t8-/m0/s1. The number of thiazole rings is 1. The van der Waals surface area contributed by atoms with Crippen molar-refractivity contribution in [1.82, 2.24) is 4.98 Å². The molecule has 0 bridgehead atoms. The summed E-state index contributed by atoms with van der Waals surface area (Å²) in [5, 5.41) is 3.44. The van der Waals surface area contributed by atoms with Gasteiger partial charge in [-0.25, -0.2) is 4.98 Å². The van der Waals surface area contributed by atoms with Crippen molar-refractivity contribution in [2.45, 2.75) is 32.7 Å². The molecule has 0 saturated carbocycles. The second-order valence-electron chi connectivity index (χ2n) is 3.75. The predicted octanol–water partition coefficient (Wildman–Crippen LogP) is 2.03. The van der Waals surface area contributed by atoms with Crippen molar-refractivity contribution in [1.29, 1.82) is 0 Å². The Morgan fingerprint density at radius 1 is 1.65 bits per heavy atom. The second-order valence-corrected chi connectivity index (χ2v) is 5.94. The molecule has 1 aromatic heterocycles. The molecule has 0 aromatic carbocycles. The topological polar surface area (TPSA) is 68.0 Å². The maximum atomic E-state index is 11.7. The van der Waals surface area contributed by atoms with E-state index in [4.69, 9.17) is 5.73 Å². The summed E-state index contributed by atoms with van der Waals surface area (Å²) in [6, 6.07) is -0.447. The molecule has 0 aliphatic rings. The Bertz CT molecular complexity index is 379. The molecule has 17 heavy (non-hydrogen) atoms. The lowest BCUT2D eigenvalue weighted by molar-refractivity contribution is -0.117. The summed E-state index contributed by atoms with van der Waals surface area (Å²) in [5.41, 5.74) is 6.82. The molecule has 4 nitrogen and oxygen atoms in total. The number of nitrogens with two attached hydrogens (primary N) is 1. The van der Waals surface area contributed by atoms with E-state index in [1.54, 1.807) is 11.8 Å². The van der Waals surface area contributed by atoms with E-state index in [-0.39, 0.29) is 5.91 Å². The summed E-state index contributed by atoms with van der Waals surface area (Å²) in [4.78, 5) is 17.3. The molecule has 0 aliphatic carbocycles. The highest BCUT2D eigenvalue weighted by Crippen LogP contribution is 2.22. The van der Waals surface area contributed by atoms with Crippen LogP contribution in [0.1, 0.15) is 23.9 Å². The number of amides is 1. The molecular weight excluding hydrogens is 254 g/mol. The number of anilines is 1. The monoisotopic (exact) mass is 273 g/mol. The number of hydrogen-bond acceptors (Lipinski definition) is 5. The Labute approximate surface area is 110 Å². The fraction of sp³-hybridized carbons (Fsp3) is 0.636. The molecule has 1 rings (SSSR count). The van der Waals surface area contributed by atoms with Gasteiger partial charge >= 0.3 is 0 Å². The number of aryl methyl sites for hydroxylation is 2. The average Bonchev–Trinajstić information content (AvgIpc) is 2.66. The van der Waals surface area contributed by atoms with Gasteiger partial charge in [0.1, 0.15) is 0 Å². The summed E-state index contributed by atoms with van der Waals surface area (Å²) in [6.07, 6.45) is 3.58. The SMILES string of the molecule is CCc1nc(NC(=O)[C@@H](N)CCSC)sc1C. The highest BCUT2D eigenvalue weighted by Gasteiger charge is 2.15. The number of aromatic nitrogens is 1. The molecule has 0 unspecified atom stereocenters. The lowest BCUT2D eigenvalue weighted by Crippen LogP contribution is -2.36. The van der Waals surface area contributed by atoms with Crippen LogP contribution >= 0.6 is 23.1 Å². The average molecular weight is 273 g/mol. The van der Waals surface area contributed by atoms with Crippen molar-refractivity contribution >= 4 is 34.1 Å². The molecule has 1 aromatic rings. The van der Waals surface area contributed by atoms with Gasteiger partial charge in [-0.05, 0) is 31.8 Å². The van der Waals surface area contributed by atoms with Crippen LogP contribution in [0.15, 0.2) is 0 Å². The Kier molecular flexibility index (Phi) is 5.94. The molecule has 0 fully saturated rings. The quantitative estimate of drug-likeness (QED) is 0.832. The Morgan fingerprint density at radius 3 is 2.88 bits per heavy atom. The van der Waals surface area contributed by atoms with Crippen LogP contribution in [0.4, 0.5) is 5.13 Å². The van der Waals surface area contributed by atoms with Gasteiger partial charge in [0, 0.05) is 4.88 Å². The molecule has 6 heteroatoms.